The molecule has 3 rings (SSSR count). The van der Waals surface area contributed by atoms with Gasteiger partial charge in [-0.15, -0.1) is 0 Å². The first kappa shape index (κ1) is 15.2. The van der Waals surface area contributed by atoms with Crippen LogP contribution in [0, 0.1) is 5.92 Å². The van der Waals surface area contributed by atoms with Crippen molar-refractivity contribution in [3.63, 3.8) is 0 Å². The summed E-state index contributed by atoms with van der Waals surface area (Å²) < 4.78 is 0. The van der Waals surface area contributed by atoms with Gasteiger partial charge in [-0.1, -0.05) is 6.92 Å². The second-order valence-corrected chi connectivity index (χ2v) is 6.95. The van der Waals surface area contributed by atoms with Crippen molar-refractivity contribution in [2.45, 2.75) is 39.2 Å². The predicted molar refractivity (Wildman–Crippen MR) is 89.9 cm³/mol. The maximum atomic E-state index is 4.54. The van der Waals surface area contributed by atoms with Gasteiger partial charge in [0.2, 0.25) is 0 Å². The number of fused-ring (bicyclic) bond motifs is 1. The molecule has 1 unspecified atom stereocenters. The van der Waals surface area contributed by atoms with Crippen LogP contribution < -0.4 is 5.32 Å². The van der Waals surface area contributed by atoms with Crippen LogP contribution in [-0.4, -0.2) is 45.0 Å². The van der Waals surface area contributed by atoms with E-state index < -0.39 is 0 Å². The fourth-order valence-electron chi connectivity index (χ4n) is 3.11. The highest BCUT2D eigenvalue weighted by molar-refractivity contribution is 5.71. The standard InChI is InChI=1S/C17H25N5/c1-13-5-4-10-22(11-13)17(2,3)12-20-15-7-6-14-16(21-15)19-9-8-18-14/h6-9,13H,4-5,10-12H2,1-3H3,(H,19,20,21). The van der Waals surface area contributed by atoms with E-state index in [0.29, 0.717) is 5.65 Å². The van der Waals surface area contributed by atoms with Crippen LogP contribution in [0.15, 0.2) is 24.5 Å². The molecule has 2 aromatic heterocycles. The minimum atomic E-state index is 0.119. The van der Waals surface area contributed by atoms with Crippen LogP contribution in [0.3, 0.4) is 0 Å². The first-order valence-corrected chi connectivity index (χ1v) is 8.11. The predicted octanol–water partition coefficient (Wildman–Crippen LogP) is 2.95. The van der Waals surface area contributed by atoms with Gasteiger partial charge in [0.15, 0.2) is 5.65 Å². The molecule has 0 bridgehead atoms. The lowest BCUT2D eigenvalue weighted by Crippen LogP contribution is -2.52. The Morgan fingerprint density at radius 3 is 2.91 bits per heavy atom. The number of likely N-dealkylation sites (tertiary alicyclic amines) is 1. The van der Waals surface area contributed by atoms with E-state index in [-0.39, 0.29) is 5.54 Å². The van der Waals surface area contributed by atoms with Gasteiger partial charge in [-0.2, -0.15) is 0 Å². The maximum Gasteiger partial charge on any atom is 0.180 e. The molecule has 0 aliphatic carbocycles. The highest BCUT2D eigenvalue weighted by Gasteiger charge is 2.29. The van der Waals surface area contributed by atoms with Crippen LogP contribution in [0.2, 0.25) is 0 Å². The van der Waals surface area contributed by atoms with Crippen molar-refractivity contribution in [1.29, 1.82) is 0 Å². The van der Waals surface area contributed by atoms with Crippen molar-refractivity contribution < 1.29 is 0 Å². The fourth-order valence-corrected chi connectivity index (χ4v) is 3.11. The molecule has 1 N–H and O–H groups in total. The Kier molecular flexibility index (Phi) is 4.25. The average Bonchev–Trinajstić information content (AvgIpc) is 2.53. The highest BCUT2D eigenvalue weighted by Crippen LogP contribution is 2.24. The Morgan fingerprint density at radius 2 is 2.09 bits per heavy atom. The molecule has 118 valence electrons. The smallest absolute Gasteiger partial charge is 0.180 e. The molecule has 1 atom stereocenters. The van der Waals surface area contributed by atoms with Crippen molar-refractivity contribution in [2.75, 3.05) is 25.0 Å². The highest BCUT2D eigenvalue weighted by atomic mass is 15.2. The zero-order valence-electron chi connectivity index (χ0n) is 13.7. The number of nitrogens with zero attached hydrogens (tertiary/aromatic N) is 4. The molecule has 0 aromatic carbocycles. The van der Waals surface area contributed by atoms with Crippen molar-refractivity contribution in [3.8, 4) is 0 Å². The Morgan fingerprint density at radius 1 is 1.27 bits per heavy atom. The molecule has 0 radical (unpaired) electrons. The number of nitrogens with one attached hydrogen (secondary N) is 1. The second-order valence-electron chi connectivity index (χ2n) is 6.95. The van der Waals surface area contributed by atoms with Gasteiger partial charge in [-0.25, -0.2) is 9.97 Å². The number of anilines is 1. The summed E-state index contributed by atoms with van der Waals surface area (Å²) in [5.41, 5.74) is 1.64. The zero-order valence-corrected chi connectivity index (χ0v) is 13.7. The molecule has 0 amide bonds. The lowest BCUT2D eigenvalue weighted by atomic mass is 9.93. The van der Waals surface area contributed by atoms with Gasteiger partial charge in [-0.05, 0) is 51.3 Å². The normalized spacial score (nSPS) is 20.2. The second kappa shape index (κ2) is 6.16. The monoisotopic (exact) mass is 299 g/mol. The molecule has 1 saturated heterocycles. The first-order valence-electron chi connectivity index (χ1n) is 8.11. The van der Waals surface area contributed by atoms with E-state index in [1.807, 2.05) is 12.1 Å². The zero-order chi connectivity index (χ0) is 15.6. The van der Waals surface area contributed by atoms with Gasteiger partial charge < -0.3 is 5.32 Å². The molecule has 5 heteroatoms. The van der Waals surface area contributed by atoms with Crippen molar-refractivity contribution >= 4 is 17.0 Å². The van der Waals surface area contributed by atoms with Gasteiger partial charge in [0, 0.05) is 31.0 Å². The summed E-state index contributed by atoms with van der Waals surface area (Å²) >= 11 is 0. The molecular formula is C17H25N5. The van der Waals surface area contributed by atoms with E-state index in [1.165, 1.54) is 25.9 Å². The number of hydrogen-bond donors (Lipinski definition) is 1. The molecule has 1 aliphatic heterocycles. The summed E-state index contributed by atoms with van der Waals surface area (Å²) in [5, 5.41) is 3.47. The minimum Gasteiger partial charge on any atom is -0.368 e. The van der Waals surface area contributed by atoms with Crippen molar-refractivity contribution in [3.05, 3.63) is 24.5 Å². The van der Waals surface area contributed by atoms with E-state index in [4.69, 9.17) is 0 Å². The Balaban J connectivity index is 1.67. The molecule has 2 aromatic rings. The van der Waals surface area contributed by atoms with E-state index in [9.17, 15) is 0 Å². The fraction of sp³-hybridized carbons (Fsp3) is 0.588. The summed E-state index contributed by atoms with van der Waals surface area (Å²) in [6.45, 7) is 10.2. The van der Waals surface area contributed by atoms with E-state index in [0.717, 1.165) is 23.8 Å². The first-order chi connectivity index (χ1) is 10.5. The maximum absolute atomic E-state index is 4.54. The van der Waals surface area contributed by atoms with E-state index in [1.54, 1.807) is 12.4 Å². The third-order valence-corrected chi connectivity index (χ3v) is 4.55. The van der Waals surface area contributed by atoms with Gasteiger partial charge in [0.25, 0.3) is 0 Å². The Labute approximate surface area is 132 Å². The van der Waals surface area contributed by atoms with Crippen molar-refractivity contribution in [1.82, 2.24) is 19.9 Å². The molecular weight excluding hydrogens is 274 g/mol. The summed E-state index contributed by atoms with van der Waals surface area (Å²) in [6, 6.07) is 3.94. The summed E-state index contributed by atoms with van der Waals surface area (Å²) in [4.78, 5) is 15.6. The van der Waals surface area contributed by atoms with Crippen LogP contribution in [0.25, 0.3) is 11.2 Å². The number of hydrogen-bond acceptors (Lipinski definition) is 5. The summed E-state index contributed by atoms with van der Waals surface area (Å²) in [7, 11) is 0. The quantitative estimate of drug-likeness (QED) is 0.940. The third-order valence-electron chi connectivity index (χ3n) is 4.55. The average molecular weight is 299 g/mol. The molecule has 3 heterocycles. The third kappa shape index (κ3) is 3.35. The number of piperidine rings is 1. The summed E-state index contributed by atoms with van der Waals surface area (Å²) in [6.07, 6.45) is 6.02. The minimum absolute atomic E-state index is 0.119. The van der Waals surface area contributed by atoms with Gasteiger partial charge in [0.1, 0.15) is 11.3 Å². The molecule has 0 spiro atoms. The summed E-state index contributed by atoms with van der Waals surface area (Å²) in [5.74, 6) is 1.66. The van der Waals surface area contributed by atoms with Gasteiger partial charge in [0.05, 0.1) is 0 Å². The van der Waals surface area contributed by atoms with Crippen LogP contribution in [0.1, 0.15) is 33.6 Å². The molecule has 5 nitrogen and oxygen atoms in total. The lowest BCUT2D eigenvalue weighted by Gasteiger charge is -2.43. The Bertz CT molecular complexity index is 640. The van der Waals surface area contributed by atoms with Crippen LogP contribution in [0.5, 0.6) is 0 Å². The van der Waals surface area contributed by atoms with E-state index >= 15 is 0 Å². The number of aromatic nitrogens is 3. The van der Waals surface area contributed by atoms with Gasteiger partial charge >= 0.3 is 0 Å². The molecule has 0 saturated carbocycles. The lowest BCUT2D eigenvalue weighted by molar-refractivity contribution is 0.0800. The number of pyridine rings is 1. The van der Waals surface area contributed by atoms with Crippen LogP contribution in [0.4, 0.5) is 5.82 Å². The topological polar surface area (TPSA) is 53.9 Å². The molecule has 22 heavy (non-hydrogen) atoms. The van der Waals surface area contributed by atoms with Gasteiger partial charge in [-0.3, -0.25) is 9.88 Å². The molecule has 1 fully saturated rings. The van der Waals surface area contributed by atoms with Crippen molar-refractivity contribution in [2.24, 2.45) is 5.92 Å². The SMILES string of the molecule is CC1CCCN(C(C)(C)CNc2ccc3nccnc3n2)C1. The molecule has 1 aliphatic rings. The number of rotatable bonds is 4. The Hall–Kier alpha value is -1.75. The largest absolute Gasteiger partial charge is 0.368 e. The van der Waals surface area contributed by atoms with Crippen LogP contribution >= 0.6 is 0 Å². The van der Waals surface area contributed by atoms with E-state index in [2.05, 4.69) is 45.9 Å². The van der Waals surface area contributed by atoms with Crippen LogP contribution in [-0.2, 0) is 0 Å².